The highest BCUT2D eigenvalue weighted by atomic mass is 79.9. The van der Waals surface area contributed by atoms with Crippen LogP contribution in [0.15, 0.2) is 47.6 Å². The second-order valence-corrected chi connectivity index (χ2v) is 6.72. The standard InChI is InChI=1S/C17H11BrClFN4/c18-10-2-1-9(13(19)4-10)3-12-11(15-6-21-7-22-15)5-14-17(16(12)20)24-8-23-14/h1-2,4-8H,3H2,(H,21,22)(H,23,24). The molecule has 4 nitrogen and oxygen atoms in total. The number of nitrogens with zero attached hydrogens (tertiary/aromatic N) is 2. The van der Waals surface area contributed by atoms with Gasteiger partial charge < -0.3 is 9.97 Å². The summed E-state index contributed by atoms with van der Waals surface area (Å²) in [5.41, 5.74) is 3.82. The van der Waals surface area contributed by atoms with Crippen LogP contribution in [0.3, 0.4) is 0 Å². The second-order valence-electron chi connectivity index (χ2n) is 5.39. The van der Waals surface area contributed by atoms with Crippen molar-refractivity contribution in [2.75, 3.05) is 0 Å². The van der Waals surface area contributed by atoms with Crippen molar-refractivity contribution in [2.45, 2.75) is 6.42 Å². The lowest BCUT2D eigenvalue weighted by Crippen LogP contribution is -1.99. The van der Waals surface area contributed by atoms with E-state index < -0.39 is 0 Å². The lowest BCUT2D eigenvalue weighted by molar-refractivity contribution is 0.624. The van der Waals surface area contributed by atoms with Gasteiger partial charge in [-0.2, -0.15) is 0 Å². The number of fused-ring (bicyclic) bond motifs is 1. The Kier molecular flexibility index (Phi) is 3.86. The lowest BCUT2D eigenvalue weighted by Gasteiger charge is -2.12. The third-order valence-electron chi connectivity index (χ3n) is 3.93. The number of aromatic nitrogens is 4. The van der Waals surface area contributed by atoms with Gasteiger partial charge in [-0.05, 0) is 23.8 Å². The summed E-state index contributed by atoms with van der Waals surface area (Å²) in [6, 6.07) is 7.46. The Balaban J connectivity index is 1.92. The number of imidazole rings is 2. The highest BCUT2D eigenvalue weighted by molar-refractivity contribution is 9.10. The maximum Gasteiger partial charge on any atom is 0.155 e. The molecule has 0 saturated carbocycles. The first-order chi connectivity index (χ1) is 11.6. The van der Waals surface area contributed by atoms with Crippen molar-refractivity contribution in [3.05, 3.63) is 69.6 Å². The van der Waals surface area contributed by atoms with Crippen LogP contribution < -0.4 is 0 Å². The summed E-state index contributed by atoms with van der Waals surface area (Å²) in [6.45, 7) is 0. The summed E-state index contributed by atoms with van der Waals surface area (Å²) < 4.78 is 16.0. The quantitative estimate of drug-likeness (QED) is 0.498. The van der Waals surface area contributed by atoms with Crippen LogP contribution in [0.25, 0.3) is 22.3 Å². The monoisotopic (exact) mass is 404 g/mol. The minimum atomic E-state index is -0.350. The largest absolute Gasteiger partial charge is 0.345 e. The molecular formula is C17H11BrClFN4. The van der Waals surface area contributed by atoms with E-state index in [2.05, 4.69) is 35.9 Å². The van der Waals surface area contributed by atoms with Crippen molar-refractivity contribution >= 4 is 38.6 Å². The number of hydrogen-bond acceptors (Lipinski definition) is 2. The molecule has 2 N–H and O–H groups in total. The van der Waals surface area contributed by atoms with Gasteiger partial charge in [-0.1, -0.05) is 33.6 Å². The van der Waals surface area contributed by atoms with E-state index in [1.165, 1.54) is 6.33 Å². The van der Waals surface area contributed by atoms with Crippen LogP contribution in [0.4, 0.5) is 4.39 Å². The van der Waals surface area contributed by atoms with Gasteiger partial charge in [0.15, 0.2) is 5.82 Å². The van der Waals surface area contributed by atoms with E-state index >= 15 is 4.39 Å². The molecule has 2 aromatic heterocycles. The van der Waals surface area contributed by atoms with Crippen LogP contribution in [0, 0.1) is 5.82 Å². The molecule has 2 heterocycles. The summed E-state index contributed by atoms with van der Waals surface area (Å²) in [5.74, 6) is -0.350. The molecule has 0 aliphatic rings. The van der Waals surface area contributed by atoms with Crippen LogP contribution in [-0.4, -0.2) is 19.9 Å². The first kappa shape index (κ1) is 15.4. The van der Waals surface area contributed by atoms with Gasteiger partial charge in [-0.25, -0.2) is 14.4 Å². The van der Waals surface area contributed by atoms with Gasteiger partial charge in [0.1, 0.15) is 5.52 Å². The Morgan fingerprint density at radius 1 is 1.17 bits per heavy atom. The molecule has 0 bridgehead atoms. The zero-order valence-electron chi connectivity index (χ0n) is 12.3. The molecule has 0 aliphatic heterocycles. The average Bonchev–Trinajstić information content (AvgIpc) is 3.23. The van der Waals surface area contributed by atoms with E-state index in [9.17, 15) is 0 Å². The third kappa shape index (κ3) is 2.61. The first-order valence-electron chi connectivity index (χ1n) is 7.20. The molecule has 120 valence electrons. The molecule has 24 heavy (non-hydrogen) atoms. The van der Waals surface area contributed by atoms with Gasteiger partial charge in [0.2, 0.25) is 0 Å². The van der Waals surface area contributed by atoms with Crippen LogP contribution in [0.5, 0.6) is 0 Å². The van der Waals surface area contributed by atoms with E-state index in [0.717, 1.165) is 21.3 Å². The van der Waals surface area contributed by atoms with E-state index in [0.29, 0.717) is 28.0 Å². The fraction of sp³-hybridized carbons (Fsp3) is 0.0588. The van der Waals surface area contributed by atoms with Gasteiger partial charge >= 0.3 is 0 Å². The number of aromatic amines is 2. The van der Waals surface area contributed by atoms with Crippen LogP contribution >= 0.6 is 27.5 Å². The zero-order valence-corrected chi connectivity index (χ0v) is 14.6. The molecule has 0 amide bonds. The Morgan fingerprint density at radius 3 is 2.79 bits per heavy atom. The van der Waals surface area contributed by atoms with E-state index in [1.54, 1.807) is 18.6 Å². The van der Waals surface area contributed by atoms with Gasteiger partial charge in [-0.3, -0.25) is 0 Å². The SMILES string of the molecule is Fc1c(Cc2ccc(Br)cc2Cl)c(-c2cnc[nH]2)cc2[nH]cnc12. The molecule has 7 heteroatoms. The number of H-pyrrole nitrogens is 2. The smallest absolute Gasteiger partial charge is 0.155 e. The fourth-order valence-electron chi connectivity index (χ4n) is 2.75. The number of halogens is 3. The summed E-state index contributed by atoms with van der Waals surface area (Å²) in [4.78, 5) is 14.1. The molecule has 0 atom stereocenters. The maximum absolute atomic E-state index is 15.1. The molecule has 0 spiro atoms. The number of nitrogens with one attached hydrogen (secondary N) is 2. The predicted molar refractivity (Wildman–Crippen MR) is 95.6 cm³/mol. The highest BCUT2D eigenvalue weighted by Gasteiger charge is 2.18. The van der Waals surface area contributed by atoms with Crippen LogP contribution in [0.1, 0.15) is 11.1 Å². The normalized spacial score (nSPS) is 11.3. The predicted octanol–water partition coefficient (Wildman–Crippen LogP) is 5.10. The summed E-state index contributed by atoms with van der Waals surface area (Å²) in [6.07, 6.45) is 5.08. The molecule has 0 fully saturated rings. The van der Waals surface area contributed by atoms with Crippen molar-refractivity contribution < 1.29 is 4.39 Å². The average molecular weight is 406 g/mol. The Morgan fingerprint density at radius 2 is 2.04 bits per heavy atom. The molecule has 2 aromatic carbocycles. The second kappa shape index (κ2) is 6.03. The van der Waals surface area contributed by atoms with E-state index in [4.69, 9.17) is 11.6 Å². The molecule has 0 unspecified atom stereocenters. The summed E-state index contributed by atoms with van der Waals surface area (Å²) in [5, 5.41) is 0.585. The number of rotatable bonds is 3. The summed E-state index contributed by atoms with van der Waals surface area (Å²) >= 11 is 9.70. The van der Waals surface area contributed by atoms with Crippen LogP contribution in [-0.2, 0) is 6.42 Å². The number of benzene rings is 2. The number of hydrogen-bond donors (Lipinski definition) is 2. The third-order valence-corrected chi connectivity index (χ3v) is 4.77. The van der Waals surface area contributed by atoms with Gasteiger partial charge in [-0.15, -0.1) is 0 Å². The zero-order chi connectivity index (χ0) is 16.7. The van der Waals surface area contributed by atoms with Crippen LogP contribution in [0.2, 0.25) is 5.02 Å². The molecule has 4 aromatic rings. The lowest BCUT2D eigenvalue weighted by atomic mass is 9.96. The van der Waals surface area contributed by atoms with Crippen molar-refractivity contribution in [2.24, 2.45) is 0 Å². The Labute approximate surface area is 150 Å². The van der Waals surface area contributed by atoms with E-state index in [-0.39, 0.29) is 5.82 Å². The molecule has 0 saturated heterocycles. The Bertz CT molecular complexity index is 1030. The fourth-order valence-corrected chi connectivity index (χ4v) is 3.49. The molecule has 0 radical (unpaired) electrons. The molecular weight excluding hydrogens is 395 g/mol. The maximum atomic E-state index is 15.1. The Hall–Kier alpha value is -2.18. The summed E-state index contributed by atoms with van der Waals surface area (Å²) in [7, 11) is 0. The minimum Gasteiger partial charge on any atom is -0.345 e. The van der Waals surface area contributed by atoms with Crippen molar-refractivity contribution in [3.63, 3.8) is 0 Å². The van der Waals surface area contributed by atoms with Gasteiger partial charge in [0.25, 0.3) is 0 Å². The topological polar surface area (TPSA) is 57.4 Å². The van der Waals surface area contributed by atoms with Crippen molar-refractivity contribution in [3.8, 4) is 11.3 Å². The van der Waals surface area contributed by atoms with Gasteiger partial charge in [0.05, 0.1) is 30.1 Å². The van der Waals surface area contributed by atoms with Crippen molar-refractivity contribution in [1.29, 1.82) is 0 Å². The molecule has 0 aliphatic carbocycles. The highest BCUT2D eigenvalue weighted by Crippen LogP contribution is 2.33. The van der Waals surface area contributed by atoms with Crippen molar-refractivity contribution in [1.82, 2.24) is 19.9 Å². The van der Waals surface area contributed by atoms with Gasteiger partial charge in [0, 0.05) is 27.0 Å². The molecule has 4 rings (SSSR count). The van der Waals surface area contributed by atoms with E-state index in [1.807, 2.05) is 18.2 Å². The minimum absolute atomic E-state index is 0.321. The first-order valence-corrected chi connectivity index (χ1v) is 8.37.